The van der Waals surface area contributed by atoms with Crippen LogP contribution in [0.5, 0.6) is 0 Å². The Labute approximate surface area is 101 Å². The molecule has 3 atom stereocenters. The summed E-state index contributed by atoms with van der Waals surface area (Å²) in [5, 5.41) is 3.01. The van der Waals surface area contributed by atoms with Crippen LogP contribution in [0.1, 0.15) is 33.6 Å². The van der Waals surface area contributed by atoms with Gasteiger partial charge in [0.2, 0.25) is 0 Å². The van der Waals surface area contributed by atoms with Crippen LogP contribution >= 0.6 is 0 Å². The van der Waals surface area contributed by atoms with Crippen LogP contribution in [-0.4, -0.2) is 41.6 Å². The molecule has 17 heavy (non-hydrogen) atoms. The molecule has 0 aliphatic carbocycles. The molecule has 0 bridgehead atoms. The van der Waals surface area contributed by atoms with Gasteiger partial charge in [-0.2, -0.15) is 0 Å². The van der Waals surface area contributed by atoms with Crippen molar-refractivity contribution in [3.63, 3.8) is 0 Å². The first-order chi connectivity index (χ1) is 8.01. The molecule has 0 aromatic heterocycles. The van der Waals surface area contributed by atoms with Crippen LogP contribution in [0.25, 0.3) is 0 Å². The van der Waals surface area contributed by atoms with E-state index in [1.807, 2.05) is 18.7 Å². The molecule has 2 aliphatic heterocycles. The summed E-state index contributed by atoms with van der Waals surface area (Å²) in [4.78, 5) is 24.3. The molecule has 0 saturated carbocycles. The Morgan fingerprint density at radius 2 is 2.29 bits per heavy atom. The molecule has 96 valence electrons. The summed E-state index contributed by atoms with van der Waals surface area (Å²) in [7, 11) is 0. The van der Waals surface area contributed by atoms with Crippen molar-refractivity contribution < 1.29 is 14.3 Å². The number of amides is 2. The molecule has 0 spiro atoms. The Morgan fingerprint density at radius 3 is 2.88 bits per heavy atom. The van der Waals surface area contributed by atoms with Gasteiger partial charge >= 0.3 is 6.03 Å². The zero-order valence-electron chi connectivity index (χ0n) is 10.6. The summed E-state index contributed by atoms with van der Waals surface area (Å²) in [6.45, 7) is 7.33. The highest BCUT2D eigenvalue weighted by Gasteiger charge is 2.53. The Morgan fingerprint density at radius 1 is 1.59 bits per heavy atom. The lowest BCUT2D eigenvalue weighted by Crippen LogP contribution is -2.56. The first kappa shape index (κ1) is 12.2. The van der Waals surface area contributed by atoms with Gasteiger partial charge in [0.25, 0.3) is 6.47 Å². The van der Waals surface area contributed by atoms with Gasteiger partial charge in [-0.05, 0) is 20.3 Å². The second kappa shape index (κ2) is 4.20. The fourth-order valence-electron chi connectivity index (χ4n) is 3.35. The molecule has 2 amide bonds. The third-order valence-electron chi connectivity index (χ3n) is 4.00. The minimum absolute atomic E-state index is 0.00278. The summed E-state index contributed by atoms with van der Waals surface area (Å²) < 4.78 is 5.18. The van der Waals surface area contributed by atoms with Crippen molar-refractivity contribution in [2.24, 2.45) is 5.92 Å². The molecule has 5 heteroatoms. The highest BCUT2D eigenvalue weighted by Crippen LogP contribution is 2.38. The van der Waals surface area contributed by atoms with Crippen LogP contribution < -0.4 is 5.32 Å². The number of fused-ring (bicyclic) bond motifs is 1. The number of nitrogens with one attached hydrogen (secondary N) is 1. The molecule has 2 saturated heterocycles. The predicted octanol–water partition coefficient (Wildman–Crippen LogP) is 1.13. The monoisotopic (exact) mass is 240 g/mol. The largest absolute Gasteiger partial charge is 0.464 e. The van der Waals surface area contributed by atoms with E-state index in [0.29, 0.717) is 13.0 Å². The third-order valence-corrected chi connectivity index (χ3v) is 4.00. The van der Waals surface area contributed by atoms with Crippen molar-refractivity contribution in [1.82, 2.24) is 10.2 Å². The van der Waals surface area contributed by atoms with Crippen molar-refractivity contribution in [3.8, 4) is 0 Å². The fraction of sp³-hybridized carbons (Fsp3) is 0.833. The first-order valence-electron chi connectivity index (χ1n) is 6.19. The van der Waals surface area contributed by atoms with Gasteiger partial charge in [-0.15, -0.1) is 0 Å². The van der Waals surface area contributed by atoms with Crippen LogP contribution in [0.4, 0.5) is 4.79 Å². The number of carbonyl (C=O) groups is 2. The Hall–Kier alpha value is -1.26. The number of hydrogen-bond donors (Lipinski definition) is 1. The van der Waals surface area contributed by atoms with Gasteiger partial charge < -0.3 is 15.0 Å². The maximum atomic E-state index is 11.9. The number of rotatable bonds is 3. The van der Waals surface area contributed by atoms with Gasteiger partial charge in [0.05, 0.1) is 11.6 Å². The Kier molecular flexibility index (Phi) is 3.02. The number of hydrogen-bond acceptors (Lipinski definition) is 3. The number of carbonyl (C=O) groups excluding carboxylic acids is 2. The maximum absolute atomic E-state index is 11.9. The van der Waals surface area contributed by atoms with Gasteiger partial charge in [-0.1, -0.05) is 6.92 Å². The van der Waals surface area contributed by atoms with Crippen molar-refractivity contribution in [3.05, 3.63) is 0 Å². The minimum Gasteiger partial charge on any atom is -0.464 e. The normalized spacial score (nSPS) is 35.1. The van der Waals surface area contributed by atoms with Gasteiger partial charge in [-0.25, -0.2) is 4.79 Å². The summed E-state index contributed by atoms with van der Waals surface area (Å²) >= 11 is 0. The molecule has 2 heterocycles. The van der Waals surface area contributed by atoms with Crippen LogP contribution in [0.15, 0.2) is 0 Å². The molecule has 1 N–H and O–H groups in total. The molecular weight excluding hydrogens is 220 g/mol. The van der Waals surface area contributed by atoms with Gasteiger partial charge in [0, 0.05) is 18.9 Å². The standard InChI is InChI=1S/C12H20N2O3/c1-4-8-9(17-7-15)5-6-14-10(8)12(2,3)13-11(14)16/h7-10H,4-6H2,1-3H3,(H,13,16)/t8-,9-,10-/m0/s1. The molecule has 0 aromatic carbocycles. The second-order valence-corrected chi connectivity index (χ2v) is 5.42. The molecule has 0 aromatic rings. The number of urea groups is 1. The van der Waals surface area contributed by atoms with Crippen molar-refractivity contribution in [2.75, 3.05) is 6.54 Å². The summed E-state index contributed by atoms with van der Waals surface area (Å²) in [5.41, 5.74) is -0.261. The summed E-state index contributed by atoms with van der Waals surface area (Å²) in [5.74, 6) is 0.211. The Bertz CT molecular complexity index is 330. The number of nitrogens with zero attached hydrogens (tertiary/aromatic N) is 1. The topological polar surface area (TPSA) is 58.6 Å². The third kappa shape index (κ3) is 1.87. The fourth-order valence-corrected chi connectivity index (χ4v) is 3.35. The smallest absolute Gasteiger partial charge is 0.318 e. The summed E-state index contributed by atoms with van der Waals surface area (Å²) in [6, 6.07) is 0.113. The zero-order valence-corrected chi connectivity index (χ0v) is 10.6. The van der Waals surface area contributed by atoms with E-state index in [-0.39, 0.29) is 29.6 Å². The van der Waals surface area contributed by atoms with E-state index in [9.17, 15) is 9.59 Å². The molecule has 2 aliphatic rings. The maximum Gasteiger partial charge on any atom is 0.318 e. The van der Waals surface area contributed by atoms with Crippen LogP contribution in [-0.2, 0) is 9.53 Å². The second-order valence-electron chi connectivity index (χ2n) is 5.42. The lowest BCUT2D eigenvalue weighted by molar-refractivity contribution is -0.141. The number of piperidine rings is 1. The average Bonchev–Trinajstić information content (AvgIpc) is 2.50. The molecule has 0 radical (unpaired) electrons. The SMILES string of the molecule is CC[C@H]1[C@@H](OC=O)CCN2C(=O)NC(C)(C)[C@H]12. The highest BCUT2D eigenvalue weighted by atomic mass is 16.5. The van der Waals surface area contributed by atoms with Crippen molar-refractivity contribution in [1.29, 1.82) is 0 Å². The van der Waals surface area contributed by atoms with Gasteiger partial charge in [-0.3, -0.25) is 4.79 Å². The van der Waals surface area contributed by atoms with E-state index < -0.39 is 0 Å². The van der Waals surface area contributed by atoms with E-state index in [2.05, 4.69) is 12.2 Å². The lowest BCUT2D eigenvalue weighted by atomic mass is 9.77. The Balaban J connectivity index is 2.26. The van der Waals surface area contributed by atoms with Crippen LogP contribution in [0, 0.1) is 5.92 Å². The van der Waals surface area contributed by atoms with E-state index >= 15 is 0 Å². The molecule has 5 nitrogen and oxygen atoms in total. The number of ether oxygens (including phenoxy) is 1. The van der Waals surface area contributed by atoms with Crippen LogP contribution in [0.2, 0.25) is 0 Å². The average molecular weight is 240 g/mol. The molecule has 0 unspecified atom stereocenters. The van der Waals surface area contributed by atoms with E-state index in [1.54, 1.807) is 0 Å². The molecular formula is C12H20N2O3. The lowest BCUT2D eigenvalue weighted by Gasteiger charge is -2.44. The van der Waals surface area contributed by atoms with E-state index in [1.165, 1.54) is 0 Å². The zero-order chi connectivity index (χ0) is 12.6. The van der Waals surface area contributed by atoms with Crippen LogP contribution in [0.3, 0.4) is 0 Å². The van der Waals surface area contributed by atoms with Crippen molar-refractivity contribution >= 4 is 12.5 Å². The molecule has 2 rings (SSSR count). The van der Waals surface area contributed by atoms with E-state index in [0.717, 1.165) is 12.8 Å². The van der Waals surface area contributed by atoms with Crippen molar-refractivity contribution in [2.45, 2.75) is 51.3 Å². The predicted molar refractivity (Wildman–Crippen MR) is 62.4 cm³/mol. The summed E-state index contributed by atoms with van der Waals surface area (Å²) in [6.07, 6.45) is 1.57. The quantitative estimate of drug-likeness (QED) is 0.752. The first-order valence-corrected chi connectivity index (χ1v) is 6.19. The van der Waals surface area contributed by atoms with E-state index in [4.69, 9.17) is 4.74 Å². The minimum atomic E-state index is -0.261. The van der Waals surface area contributed by atoms with Gasteiger partial charge in [0.15, 0.2) is 0 Å². The molecule has 2 fully saturated rings. The highest BCUT2D eigenvalue weighted by molar-refractivity contribution is 5.78. The van der Waals surface area contributed by atoms with Gasteiger partial charge in [0.1, 0.15) is 6.10 Å².